The maximum Gasteiger partial charge on any atom is 0.243 e. The minimum Gasteiger partial charge on any atom is -0.497 e. The Labute approximate surface area is 154 Å². The zero-order chi connectivity index (χ0) is 18.9. The van der Waals surface area contributed by atoms with Gasteiger partial charge in [0.05, 0.1) is 18.6 Å². The van der Waals surface area contributed by atoms with Gasteiger partial charge in [-0.25, -0.2) is 8.42 Å². The summed E-state index contributed by atoms with van der Waals surface area (Å²) in [6.45, 7) is 1.75. The van der Waals surface area contributed by atoms with Crippen molar-refractivity contribution in [2.75, 3.05) is 25.6 Å². The van der Waals surface area contributed by atoms with Crippen molar-refractivity contribution in [3.8, 4) is 5.75 Å². The number of fused-ring (bicyclic) bond motifs is 1. The fraction of sp³-hybridized carbons (Fsp3) is 0.316. The number of amides is 1. The van der Waals surface area contributed by atoms with Gasteiger partial charge in [-0.05, 0) is 49.2 Å². The van der Waals surface area contributed by atoms with Crippen molar-refractivity contribution in [3.05, 3.63) is 54.1 Å². The summed E-state index contributed by atoms with van der Waals surface area (Å²) in [6.07, 6.45) is 0.775. The summed E-state index contributed by atoms with van der Waals surface area (Å²) in [5.41, 5.74) is 1.97. The number of carbonyl (C=O) groups excluding carboxylic acids is 1. The molecular formula is C19H22N2O4S. The lowest BCUT2D eigenvalue weighted by molar-refractivity contribution is -0.118. The van der Waals surface area contributed by atoms with Crippen molar-refractivity contribution in [1.29, 1.82) is 0 Å². The van der Waals surface area contributed by atoms with Crippen LogP contribution in [0.15, 0.2) is 53.4 Å². The molecule has 1 amide bonds. The molecular weight excluding hydrogens is 352 g/mol. The minimum absolute atomic E-state index is 0.0111. The van der Waals surface area contributed by atoms with Gasteiger partial charge in [-0.15, -0.1) is 0 Å². The molecule has 3 rings (SSSR count). The second-order valence-electron chi connectivity index (χ2n) is 6.38. The molecule has 0 saturated carbocycles. The van der Waals surface area contributed by atoms with Crippen LogP contribution < -0.4 is 9.64 Å². The summed E-state index contributed by atoms with van der Waals surface area (Å²) >= 11 is 0. The van der Waals surface area contributed by atoms with Gasteiger partial charge in [0.25, 0.3) is 0 Å². The van der Waals surface area contributed by atoms with E-state index in [-0.39, 0.29) is 23.4 Å². The standard InChI is InChI=1S/C19H22N2O4S/c1-14-12-15-6-4-5-7-18(15)21(14)19(22)13-20(2)26(23,24)17-10-8-16(25-3)9-11-17/h4-11,14H,12-13H2,1-3H3/t14-/m1/s1. The third-order valence-electron chi connectivity index (χ3n) is 4.60. The SMILES string of the molecule is COc1ccc(S(=O)(=O)N(C)CC(=O)N2c3ccccc3C[C@H]2C)cc1. The average Bonchev–Trinajstić information content (AvgIpc) is 2.97. The number of likely N-dealkylation sites (N-methyl/N-ethyl adjacent to an activating group) is 1. The van der Waals surface area contributed by atoms with E-state index in [1.54, 1.807) is 17.0 Å². The van der Waals surface area contributed by atoms with E-state index in [1.807, 2.05) is 31.2 Å². The number of benzene rings is 2. The molecule has 0 aliphatic carbocycles. The molecule has 0 bridgehead atoms. The lowest BCUT2D eigenvalue weighted by Crippen LogP contribution is -2.43. The summed E-state index contributed by atoms with van der Waals surface area (Å²) in [4.78, 5) is 14.6. The predicted molar refractivity (Wildman–Crippen MR) is 99.9 cm³/mol. The first-order chi connectivity index (χ1) is 12.3. The lowest BCUT2D eigenvalue weighted by Gasteiger charge is -2.25. The van der Waals surface area contributed by atoms with Gasteiger partial charge in [0.15, 0.2) is 0 Å². The Morgan fingerprint density at radius 2 is 1.85 bits per heavy atom. The van der Waals surface area contributed by atoms with Gasteiger partial charge in [0, 0.05) is 18.8 Å². The van der Waals surface area contributed by atoms with Crippen LogP contribution in [0.25, 0.3) is 0 Å². The summed E-state index contributed by atoms with van der Waals surface area (Å²) in [5.74, 6) is 0.340. The summed E-state index contributed by atoms with van der Waals surface area (Å²) in [7, 11) is -0.815. The molecule has 1 heterocycles. The largest absolute Gasteiger partial charge is 0.497 e. The van der Waals surface area contributed by atoms with Gasteiger partial charge in [0.2, 0.25) is 15.9 Å². The second kappa shape index (κ2) is 7.09. The Balaban J connectivity index is 1.78. The number of hydrogen-bond acceptors (Lipinski definition) is 4. The van der Waals surface area contributed by atoms with Crippen molar-refractivity contribution < 1.29 is 17.9 Å². The molecule has 0 N–H and O–H groups in total. The van der Waals surface area contributed by atoms with Crippen LogP contribution in [0.1, 0.15) is 12.5 Å². The highest BCUT2D eigenvalue weighted by molar-refractivity contribution is 7.89. The summed E-state index contributed by atoms with van der Waals surface area (Å²) < 4.78 is 31.6. The smallest absolute Gasteiger partial charge is 0.243 e. The first-order valence-electron chi connectivity index (χ1n) is 8.35. The highest BCUT2D eigenvalue weighted by Crippen LogP contribution is 2.32. The number of carbonyl (C=O) groups is 1. The van der Waals surface area contributed by atoms with Crippen LogP contribution in [-0.4, -0.2) is 45.4 Å². The zero-order valence-corrected chi connectivity index (χ0v) is 15.9. The molecule has 1 atom stereocenters. The molecule has 26 heavy (non-hydrogen) atoms. The molecule has 1 aliphatic rings. The first-order valence-corrected chi connectivity index (χ1v) is 9.79. The highest BCUT2D eigenvalue weighted by Gasteiger charge is 2.33. The van der Waals surface area contributed by atoms with Gasteiger partial charge in [-0.3, -0.25) is 4.79 Å². The molecule has 0 fully saturated rings. The Morgan fingerprint density at radius 1 is 1.19 bits per heavy atom. The molecule has 0 aromatic heterocycles. The van der Waals surface area contributed by atoms with E-state index in [2.05, 4.69) is 0 Å². The van der Waals surface area contributed by atoms with Crippen LogP contribution in [-0.2, 0) is 21.2 Å². The molecule has 2 aromatic rings. The number of sulfonamides is 1. The van der Waals surface area contributed by atoms with E-state index in [4.69, 9.17) is 4.74 Å². The number of para-hydroxylation sites is 1. The van der Waals surface area contributed by atoms with Gasteiger partial charge < -0.3 is 9.64 Å². The van der Waals surface area contributed by atoms with Gasteiger partial charge in [-0.1, -0.05) is 18.2 Å². The fourth-order valence-corrected chi connectivity index (χ4v) is 4.35. The van der Waals surface area contributed by atoms with E-state index < -0.39 is 10.0 Å². The van der Waals surface area contributed by atoms with Gasteiger partial charge >= 0.3 is 0 Å². The monoisotopic (exact) mass is 374 g/mol. The van der Waals surface area contributed by atoms with E-state index in [9.17, 15) is 13.2 Å². The number of rotatable bonds is 5. The third-order valence-corrected chi connectivity index (χ3v) is 6.42. The zero-order valence-electron chi connectivity index (χ0n) is 15.0. The second-order valence-corrected chi connectivity index (χ2v) is 8.43. The summed E-state index contributed by atoms with van der Waals surface area (Å²) in [5, 5.41) is 0. The Bertz CT molecular complexity index is 909. The van der Waals surface area contributed by atoms with E-state index >= 15 is 0 Å². The van der Waals surface area contributed by atoms with Crippen molar-refractivity contribution >= 4 is 21.6 Å². The molecule has 1 aliphatic heterocycles. The number of ether oxygens (including phenoxy) is 1. The molecule has 138 valence electrons. The quantitative estimate of drug-likeness (QED) is 0.805. The topological polar surface area (TPSA) is 66.9 Å². The van der Waals surface area contributed by atoms with E-state index in [0.29, 0.717) is 5.75 Å². The number of nitrogens with zero attached hydrogens (tertiary/aromatic N) is 2. The van der Waals surface area contributed by atoms with Crippen molar-refractivity contribution in [2.45, 2.75) is 24.3 Å². The first kappa shape index (κ1) is 18.4. The Kier molecular flexibility index (Phi) is 5.02. The van der Waals surface area contributed by atoms with Crippen LogP contribution in [0.2, 0.25) is 0 Å². The van der Waals surface area contributed by atoms with Crippen LogP contribution in [0, 0.1) is 0 Å². The molecule has 0 spiro atoms. The molecule has 0 unspecified atom stereocenters. The van der Waals surface area contributed by atoms with Gasteiger partial charge in [0.1, 0.15) is 5.75 Å². The lowest BCUT2D eigenvalue weighted by atomic mass is 10.1. The Morgan fingerprint density at radius 3 is 2.50 bits per heavy atom. The van der Waals surface area contributed by atoms with Crippen LogP contribution in [0.3, 0.4) is 0 Å². The molecule has 6 nitrogen and oxygen atoms in total. The maximum atomic E-state index is 12.8. The summed E-state index contributed by atoms with van der Waals surface area (Å²) in [6, 6.07) is 13.9. The predicted octanol–water partition coefficient (Wildman–Crippen LogP) is 2.29. The van der Waals surface area contributed by atoms with Crippen molar-refractivity contribution in [3.63, 3.8) is 0 Å². The fourth-order valence-electron chi connectivity index (χ4n) is 3.22. The molecule has 0 saturated heterocycles. The minimum atomic E-state index is -3.75. The van der Waals surface area contributed by atoms with E-state index in [0.717, 1.165) is 22.0 Å². The number of hydrogen-bond donors (Lipinski definition) is 0. The molecule has 7 heteroatoms. The van der Waals surface area contributed by atoms with Crippen molar-refractivity contribution in [2.24, 2.45) is 0 Å². The highest BCUT2D eigenvalue weighted by atomic mass is 32.2. The van der Waals surface area contributed by atoms with Crippen molar-refractivity contribution in [1.82, 2.24) is 4.31 Å². The normalized spacial score (nSPS) is 16.6. The number of anilines is 1. The van der Waals surface area contributed by atoms with Crippen LogP contribution in [0.4, 0.5) is 5.69 Å². The van der Waals surface area contributed by atoms with Gasteiger partial charge in [-0.2, -0.15) is 4.31 Å². The average molecular weight is 374 g/mol. The van der Waals surface area contributed by atoms with E-state index in [1.165, 1.54) is 26.3 Å². The maximum absolute atomic E-state index is 12.8. The van der Waals surface area contributed by atoms with Crippen LogP contribution in [0.5, 0.6) is 5.75 Å². The number of methoxy groups -OCH3 is 1. The Hall–Kier alpha value is -2.38. The molecule has 0 radical (unpaired) electrons. The third kappa shape index (κ3) is 3.32. The van der Waals surface area contributed by atoms with Crippen LogP contribution >= 0.6 is 0 Å². The molecule has 2 aromatic carbocycles.